The second kappa shape index (κ2) is 5.72. The minimum Gasteiger partial charge on any atom is -0.496 e. The third-order valence-electron chi connectivity index (χ3n) is 3.41. The summed E-state index contributed by atoms with van der Waals surface area (Å²) in [5, 5.41) is 13.4. The van der Waals surface area contributed by atoms with Gasteiger partial charge < -0.3 is 15.2 Å². The minimum atomic E-state index is -0.745. The van der Waals surface area contributed by atoms with Gasteiger partial charge in [-0.3, -0.25) is 0 Å². The quantitative estimate of drug-likeness (QED) is 0.845. The molecule has 0 fully saturated rings. The molecule has 2 atom stereocenters. The van der Waals surface area contributed by atoms with Crippen LogP contribution in [0.5, 0.6) is 5.75 Å². The largest absolute Gasteiger partial charge is 0.496 e. The lowest BCUT2D eigenvalue weighted by atomic mass is 9.97. The molecule has 0 amide bonds. The molecule has 0 saturated heterocycles. The van der Waals surface area contributed by atoms with E-state index in [1.54, 1.807) is 7.11 Å². The van der Waals surface area contributed by atoms with Crippen molar-refractivity contribution in [3.8, 4) is 5.75 Å². The molecule has 3 heteroatoms. The van der Waals surface area contributed by atoms with Crippen LogP contribution in [0.4, 0.5) is 0 Å². The number of hydrogen-bond acceptors (Lipinski definition) is 3. The second-order valence-corrected chi connectivity index (χ2v) is 5.51. The van der Waals surface area contributed by atoms with Crippen molar-refractivity contribution in [2.45, 2.75) is 52.3 Å². The topological polar surface area (TPSA) is 41.5 Å². The molecule has 0 aliphatic rings. The number of nitrogens with one attached hydrogen (secondary N) is 1. The molecule has 102 valence electrons. The molecule has 0 spiro atoms. The molecule has 1 aromatic rings. The van der Waals surface area contributed by atoms with E-state index in [-0.39, 0.29) is 12.1 Å². The van der Waals surface area contributed by atoms with E-state index in [0.29, 0.717) is 0 Å². The van der Waals surface area contributed by atoms with Crippen molar-refractivity contribution in [2.75, 3.05) is 7.11 Å². The number of aryl methyl sites for hydroxylation is 1. The first-order valence-electron chi connectivity index (χ1n) is 6.38. The molecule has 18 heavy (non-hydrogen) atoms. The maximum Gasteiger partial charge on any atom is 0.123 e. The zero-order chi connectivity index (χ0) is 13.9. The summed E-state index contributed by atoms with van der Waals surface area (Å²) < 4.78 is 5.39. The predicted molar refractivity (Wildman–Crippen MR) is 75.0 cm³/mol. The van der Waals surface area contributed by atoms with Crippen LogP contribution >= 0.6 is 0 Å². The van der Waals surface area contributed by atoms with E-state index in [2.05, 4.69) is 25.2 Å². The molecule has 0 aromatic heterocycles. The Morgan fingerprint density at radius 2 is 1.89 bits per heavy atom. The summed E-state index contributed by atoms with van der Waals surface area (Å²) in [7, 11) is 1.68. The van der Waals surface area contributed by atoms with Gasteiger partial charge in [0.1, 0.15) is 5.75 Å². The third kappa shape index (κ3) is 3.72. The lowest BCUT2D eigenvalue weighted by Crippen LogP contribution is -2.45. The zero-order valence-electron chi connectivity index (χ0n) is 12.2. The molecule has 2 unspecified atom stereocenters. The molecule has 0 aliphatic heterocycles. The zero-order valence-corrected chi connectivity index (χ0v) is 12.2. The number of aliphatic hydroxyl groups is 1. The Kier molecular flexibility index (Phi) is 4.77. The van der Waals surface area contributed by atoms with Gasteiger partial charge in [0, 0.05) is 17.6 Å². The molecule has 0 radical (unpaired) electrons. The van der Waals surface area contributed by atoms with E-state index < -0.39 is 5.60 Å². The standard InChI is InChI=1S/C15H25NO2/c1-10-7-8-14(18-6)13(9-10)11(2)16-12(3)15(4,5)17/h7-9,11-12,16-17H,1-6H3. The highest BCUT2D eigenvalue weighted by Gasteiger charge is 2.24. The Hall–Kier alpha value is -1.06. The minimum absolute atomic E-state index is 0.00211. The van der Waals surface area contributed by atoms with Crippen molar-refractivity contribution in [1.82, 2.24) is 5.32 Å². The van der Waals surface area contributed by atoms with Crippen LogP contribution in [0.1, 0.15) is 44.9 Å². The van der Waals surface area contributed by atoms with E-state index >= 15 is 0 Å². The maximum absolute atomic E-state index is 9.97. The van der Waals surface area contributed by atoms with E-state index in [1.165, 1.54) is 5.56 Å². The van der Waals surface area contributed by atoms with Crippen LogP contribution in [0.25, 0.3) is 0 Å². The highest BCUT2D eigenvalue weighted by atomic mass is 16.5. The molecule has 2 N–H and O–H groups in total. The molecular weight excluding hydrogens is 226 g/mol. The molecule has 0 heterocycles. The first-order chi connectivity index (χ1) is 8.25. The summed E-state index contributed by atoms with van der Waals surface area (Å²) in [6, 6.07) is 6.26. The van der Waals surface area contributed by atoms with Crippen LogP contribution < -0.4 is 10.1 Å². The predicted octanol–water partition coefficient (Wildman–Crippen LogP) is 2.81. The van der Waals surface area contributed by atoms with Gasteiger partial charge in [0.25, 0.3) is 0 Å². The van der Waals surface area contributed by atoms with Crippen LogP contribution in [0.3, 0.4) is 0 Å². The monoisotopic (exact) mass is 251 g/mol. The van der Waals surface area contributed by atoms with Crippen LogP contribution in [0, 0.1) is 6.92 Å². The number of rotatable bonds is 5. The van der Waals surface area contributed by atoms with Crippen LogP contribution in [-0.2, 0) is 0 Å². The number of methoxy groups -OCH3 is 1. The Morgan fingerprint density at radius 1 is 1.28 bits per heavy atom. The van der Waals surface area contributed by atoms with E-state index in [0.717, 1.165) is 11.3 Å². The van der Waals surface area contributed by atoms with Crippen molar-refractivity contribution in [3.05, 3.63) is 29.3 Å². The lowest BCUT2D eigenvalue weighted by molar-refractivity contribution is 0.0404. The van der Waals surface area contributed by atoms with Gasteiger partial charge in [-0.25, -0.2) is 0 Å². The van der Waals surface area contributed by atoms with Gasteiger partial charge in [-0.2, -0.15) is 0 Å². The fraction of sp³-hybridized carbons (Fsp3) is 0.600. The fourth-order valence-corrected chi connectivity index (χ4v) is 1.86. The lowest BCUT2D eigenvalue weighted by Gasteiger charge is -2.30. The SMILES string of the molecule is COc1ccc(C)cc1C(C)NC(C)C(C)(C)O. The molecule has 3 nitrogen and oxygen atoms in total. The smallest absolute Gasteiger partial charge is 0.123 e. The summed E-state index contributed by atoms with van der Waals surface area (Å²) in [6.45, 7) is 9.75. The number of ether oxygens (including phenoxy) is 1. The van der Waals surface area contributed by atoms with E-state index in [9.17, 15) is 5.11 Å². The van der Waals surface area contributed by atoms with Gasteiger partial charge in [-0.05, 0) is 40.7 Å². The van der Waals surface area contributed by atoms with Gasteiger partial charge in [-0.1, -0.05) is 17.7 Å². The Morgan fingerprint density at radius 3 is 2.39 bits per heavy atom. The van der Waals surface area contributed by atoms with Crippen LogP contribution in [0.2, 0.25) is 0 Å². The summed E-state index contributed by atoms with van der Waals surface area (Å²) in [5.41, 5.74) is 1.58. The first kappa shape index (κ1) is 15.0. The molecule has 1 rings (SSSR count). The summed E-state index contributed by atoms with van der Waals surface area (Å²) >= 11 is 0. The second-order valence-electron chi connectivity index (χ2n) is 5.51. The van der Waals surface area contributed by atoms with Crippen LogP contribution in [-0.4, -0.2) is 23.9 Å². The van der Waals surface area contributed by atoms with Crippen molar-refractivity contribution in [2.24, 2.45) is 0 Å². The van der Waals surface area contributed by atoms with Gasteiger partial charge >= 0.3 is 0 Å². The summed E-state index contributed by atoms with van der Waals surface area (Å²) in [4.78, 5) is 0. The fourth-order valence-electron chi connectivity index (χ4n) is 1.86. The first-order valence-corrected chi connectivity index (χ1v) is 6.38. The maximum atomic E-state index is 9.97. The molecule has 0 aliphatic carbocycles. The van der Waals surface area contributed by atoms with Crippen molar-refractivity contribution in [1.29, 1.82) is 0 Å². The highest BCUT2D eigenvalue weighted by molar-refractivity contribution is 5.38. The van der Waals surface area contributed by atoms with Crippen molar-refractivity contribution in [3.63, 3.8) is 0 Å². The number of hydrogen-bond donors (Lipinski definition) is 2. The molecule has 0 saturated carbocycles. The number of benzene rings is 1. The van der Waals surface area contributed by atoms with Gasteiger partial charge in [0.15, 0.2) is 0 Å². The van der Waals surface area contributed by atoms with Gasteiger partial charge in [0.2, 0.25) is 0 Å². The van der Waals surface area contributed by atoms with Crippen molar-refractivity contribution >= 4 is 0 Å². The summed E-state index contributed by atoms with van der Waals surface area (Å²) in [5.74, 6) is 0.878. The third-order valence-corrected chi connectivity index (χ3v) is 3.41. The average molecular weight is 251 g/mol. The normalized spacial score (nSPS) is 15.3. The highest BCUT2D eigenvalue weighted by Crippen LogP contribution is 2.27. The molecule has 0 bridgehead atoms. The Labute approximate surface area is 110 Å². The van der Waals surface area contributed by atoms with Crippen molar-refractivity contribution < 1.29 is 9.84 Å². The van der Waals surface area contributed by atoms with E-state index in [4.69, 9.17) is 4.74 Å². The molecule has 1 aromatic carbocycles. The van der Waals surface area contributed by atoms with Gasteiger partial charge in [-0.15, -0.1) is 0 Å². The molecular formula is C15H25NO2. The average Bonchev–Trinajstić information content (AvgIpc) is 2.27. The Bertz CT molecular complexity index is 396. The summed E-state index contributed by atoms with van der Waals surface area (Å²) in [6.07, 6.45) is 0. The van der Waals surface area contributed by atoms with E-state index in [1.807, 2.05) is 32.9 Å². The van der Waals surface area contributed by atoms with Crippen LogP contribution in [0.15, 0.2) is 18.2 Å². The Balaban J connectivity index is 2.90. The van der Waals surface area contributed by atoms with Gasteiger partial charge in [0.05, 0.1) is 12.7 Å².